The van der Waals surface area contributed by atoms with E-state index in [1.165, 1.54) is 9.13 Å². The zero-order valence-corrected chi connectivity index (χ0v) is 23.8. The molecule has 0 saturated carbocycles. The van der Waals surface area contributed by atoms with E-state index in [9.17, 15) is 19.2 Å². The van der Waals surface area contributed by atoms with Gasteiger partial charge >= 0.3 is 5.69 Å². The maximum absolute atomic E-state index is 12.9. The van der Waals surface area contributed by atoms with Gasteiger partial charge in [-0.1, -0.05) is 6.07 Å². The molecule has 226 valence electrons. The van der Waals surface area contributed by atoms with Gasteiger partial charge in [0, 0.05) is 43.6 Å². The number of fused-ring (bicyclic) bond motifs is 1. The van der Waals surface area contributed by atoms with E-state index in [-0.39, 0.29) is 29.4 Å². The second-order valence-electron chi connectivity index (χ2n) is 10.3. The van der Waals surface area contributed by atoms with Gasteiger partial charge in [-0.05, 0) is 43.0 Å². The summed E-state index contributed by atoms with van der Waals surface area (Å²) in [7, 11) is 1.68. The average Bonchev–Trinajstić information content (AvgIpc) is 3.55. The van der Waals surface area contributed by atoms with Crippen molar-refractivity contribution in [3.63, 3.8) is 0 Å². The summed E-state index contributed by atoms with van der Waals surface area (Å²) >= 11 is 0. The highest BCUT2D eigenvalue weighted by Gasteiger charge is 2.31. The standard InChI is InChI=1S/C29H34N8O6/c1-35-24-13-18(4-5-22(24)37(29(35)41)23-6-7-25(38)34-28(23)40)3-2-9-42-11-12-43-10-8-36-17-20(16-33-36)19-14-21(27(31)39)26(30)32-15-19/h4-5,13-17,23H,2-3,6-12H2,1H3,(H2,30,32)(H2,31,39)(H,34,38,40). The lowest BCUT2D eigenvalue weighted by molar-refractivity contribution is -0.135. The zero-order valence-electron chi connectivity index (χ0n) is 23.8. The largest absolute Gasteiger partial charge is 0.383 e. The molecule has 0 radical (unpaired) electrons. The monoisotopic (exact) mass is 590 g/mol. The van der Waals surface area contributed by atoms with Gasteiger partial charge in [0.05, 0.1) is 49.2 Å². The summed E-state index contributed by atoms with van der Waals surface area (Å²) in [6, 6.07) is 6.68. The Balaban J connectivity index is 1.02. The van der Waals surface area contributed by atoms with Crippen molar-refractivity contribution in [2.45, 2.75) is 38.3 Å². The minimum atomic E-state index is -0.697. The van der Waals surface area contributed by atoms with Crippen molar-refractivity contribution in [3.05, 3.63) is 64.5 Å². The Kier molecular flexibility index (Phi) is 8.97. The lowest BCUT2D eigenvalue weighted by Gasteiger charge is -2.21. The number of aromatic nitrogens is 5. The van der Waals surface area contributed by atoms with Crippen LogP contribution in [0.4, 0.5) is 5.82 Å². The highest BCUT2D eigenvalue weighted by Crippen LogP contribution is 2.24. The third-order valence-corrected chi connectivity index (χ3v) is 7.42. The van der Waals surface area contributed by atoms with Gasteiger partial charge in [-0.3, -0.25) is 33.5 Å². The van der Waals surface area contributed by atoms with Gasteiger partial charge in [-0.15, -0.1) is 0 Å². The number of nitrogens with one attached hydrogen (secondary N) is 1. The number of rotatable bonds is 13. The third-order valence-electron chi connectivity index (χ3n) is 7.42. The fourth-order valence-corrected chi connectivity index (χ4v) is 5.12. The number of imide groups is 1. The molecule has 1 unspecified atom stereocenters. The maximum Gasteiger partial charge on any atom is 0.329 e. The summed E-state index contributed by atoms with van der Waals surface area (Å²) in [5, 5.41) is 6.64. The molecule has 1 saturated heterocycles. The van der Waals surface area contributed by atoms with Gasteiger partial charge in [0.2, 0.25) is 11.8 Å². The lowest BCUT2D eigenvalue weighted by Crippen LogP contribution is -2.44. The van der Waals surface area contributed by atoms with Crippen LogP contribution in [0, 0.1) is 0 Å². The molecule has 14 heteroatoms. The second-order valence-corrected chi connectivity index (χ2v) is 10.3. The highest BCUT2D eigenvalue weighted by atomic mass is 16.5. The molecule has 0 aliphatic carbocycles. The Morgan fingerprint density at radius 1 is 1.05 bits per heavy atom. The van der Waals surface area contributed by atoms with E-state index >= 15 is 0 Å². The van der Waals surface area contributed by atoms with Gasteiger partial charge in [-0.2, -0.15) is 5.10 Å². The Hall–Kier alpha value is -4.82. The van der Waals surface area contributed by atoms with Crippen molar-refractivity contribution in [2.75, 3.05) is 32.2 Å². The van der Waals surface area contributed by atoms with Crippen molar-refractivity contribution in [1.29, 1.82) is 0 Å². The number of carbonyl (C=O) groups is 3. The minimum Gasteiger partial charge on any atom is -0.383 e. The number of carbonyl (C=O) groups excluding carboxylic acids is 3. The minimum absolute atomic E-state index is 0.0908. The van der Waals surface area contributed by atoms with Crippen molar-refractivity contribution >= 4 is 34.6 Å². The van der Waals surface area contributed by atoms with Crippen LogP contribution in [0.25, 0.3) is 22.2 Å². The molecule has 43 heavy (non-hydrogen) atoms. The number of benzene rings is 1. The highest BCUT2D eigenvalue weighted by molar-refractivity contribution is 6.00. The number of nitrogen functional groups attached to an aromatic ring is 1. The van der Waals surface area contributed by atoms with Gasteiger partial charge in [0.25, 0.3) is 5.91 Å². The number of ether oxygens (including phenoxy) is 2. The molecule has 1 aliphatic rings. The first-order chi connectivity index (χ1) is 20.7. The van der Waals surface area contributed by atoms with E-state index in [0.717, 1.165) is 29.5 Å². The number of nitrogens with zero attached hydrogens (tertiary/aromatic N) is 5. The SMILES string of the molecule is Cn1c(=O)n(C2CCC(=O)NC2=O)c2ccc(CCCOCCOCCn3cc(-c4cnc(N)c(C(N)=O)c4)cn3)cc21. The lowest BCUT2D eigenvalue weighted by atomic mass is 10.1. The van der Waals surface area contributed by atoms with Crippen molar-refractivity contribution < 1.29 is 23.9 Å². The van der Waals surface area contributed by atoms with Crippen LogP contribution in [-0.4, -0.2) is 68.0 Å². The molecule has 4 heterocycles. The quantitative estimate of drug-likeness (QED) is 0.150. The number of imidazole rings is 1. The predicted octanol–water partition coefficient (Wildman–Crippen LogP) is 0.923. The molecule has 5 N–H and O–H groups in total. The number of anilines is 1. The molecule has 3 aromatic heterocycles. The maximum atomic E-state index is 12.9. The van der Waals surface area contributed by atoms with Crippen LogP contribution >= 0.6 is 0 Å². The van der Waals surface area contributed by atoms with Crippen molar-refractivity contribution in [2.24, 2.45) is 12.8 Å². The number of piperidine rings is 1. The van der Waals surface area contributed by atoms with E-state index in [1.807, 2.05) is 24.4 Å². The van der Waals surface area contributed by atoms with E-state index in [4.69, 9.17) is 20.9 Å². The van der Waals surface area contributed by atoms with Crippen LogP contribution in [0.3, 0.4) is 0 Å². The van der Waals surface area contributed by atoms with E-state index in [1.54, 1.807) is 30.2 Å². The Morgan fingerprint density at radius 3 is 2.60 bits per heavy atom. The van der Waals surface area contributed by atoms with Crippen LogP contribution in [-0.2, 0) is 39.1 Å². The smallest absolute Gasteiger partial charge is 0.329 e. The number of hydrogen-bond donors (Lipinski definition) is 3. The number of hydrogen-bond acceptors (Lipinski definition) is 9. The molecule has 14 nitrogen and oxygen atoms in total. The molecule has 4 aromatic rings. The number of nitrogens with two attached hydrogens (primary N) is 2. The van der Waals surface area contributed by atoms with Gasteiger partial charge in [0.15, 0.2) is 0 Å². The third kappa shape index (κ3) is 6.65. The number of pyridine rings is 1. The molecule has 0 bridgehead atoms. The Bertz CT molecular complexity index is 1720. The molecule has 1 fully saturated rings. The van der Waals surface area contributed by atoms with Gasteiger partial charge in [0.1, 0.15) is 11.9 Å². The van der Waals surface area contributed by atoms with Crippen LogP contribution < -0.4 is 22.5 Å². The van der Waals surface area contributed by atoms with Crippen LogP contribution in [0.1, 0.15) is 41.2 Å². The molecule has 3 amide bonds. The first-order valence-electron chi connectivity index (χ1n) is 14.0. The van der Waals surface area contributed by atoms with Crippen molar-refractivity contribution in [1.82, 2.24) is 29.2 Å². The summed E-state index contributed by atoms with van der Waals surface area (Å²) in [5.41, 5.74) is 14.9. The van der Waals surface area contributed by atoms with Crippen molar-refractivity contribution in [3.8, 4) is 11.1 Å². The molecular weight excluding hydrogens is 556 g/mol. The van der Waals surface area contributed by atoms with E-state index < -0.39 is 17.9 Å². The Morgan fingerprint density at radius 2 is 1.84 bits per heavy atom. The zero-order chi connectivity index (χ0) is 30.5. The molecule has 0 spiro atoms. The molecule has 1 atom stereocenters. The predicted molar refractivity (Wildman–Crippen MR) is 157 cm³/mol. The van der Waals surface area contributed by atoms with Gasteiger partial charge in [-0.25, -0.2) is 9.78 Å². The Labute approximate surface area is 246 Å². The topological polar surface area (TPSA) is 191 Å². The van der Waals surface area contributed by atoms with Gasteiger partial charge < -0.3 is 20.9 Å². The molecule has 1 aromatic carbocycles. The fraction of sp³-hybridized carbons (Fsp3) is 0.379. The number of amides is 3. The summed E-state index contributed by atoms with van der Waals surface area (Å²) in [6.45, 7) is 2.46. The van der Waals surface area contributed by atoms with Crippen LogP contribution in [0.15, 0.2) is 47.7 Å². The summed E-state index contributed by atoms with van der Waals surface area (Å²) in [6.07, 6.45) is 7.14. The summed E-state index contributed by atoms with van der Waals surface area (Å²) in [5.74, 6) is -1.30. The second kappa shape index (κ2) is 13.0. The summed E-state index contributed by atoms with van der Waals surface area (Å²) in [4.78, 5) is 52.4. The first kappa shape index (κ1) is 29.7. The fourth-order valence-electron chi connectivity index (χ4n) is 5.12. The summed E-state index contributed by atoms with van der Waals surface area (Å²) < 4.78 is 16.1. The van der Waals surface area contributed by atoms with Crippen LogP contribution in [0.5, 0.6) is 0 Å². The van der Waals surface area contributed by atoms with Crippen LogP contribution in [0.2, 0.25) is 0 Å². The molecule has 1 aliphatic heterocycles. The normalized spacial score (nSPS) is 15.2. The first-order valence-corrected chi connectivity index (χ1v) is 14.0. The number of primary amides is 1. The number of aryl methyl sites for hydroxylation is 2. The van der Waals surface area contributed by atoms with E-state index in [0.29, 0.717) is 50.5 Å². The average molecular weight is 591 g/mol. The molecular formula is C29H34N8O6. The van der Waals surface area contributed by atoms with E-state index in [2.05, 4.69) is 15.4 Å². The molecule has 5 rings (SSSR count).